The highest BCUT2D eigenvalue weighted by Gasteiger charge is 2.13. The molecule has 1 amide bonds. The second-order valence-corrected chi connectivity index (χ2v) is 7.84. The number of hydrogen-bond acceptors (Lipinski definition) is 7. The third-order valence-corrected chi connectivity index (χ3v) is 5.20. The number of nitrogens with one attached hydrogen (secondary N) is 4. The van der Waals surface area contributed by atoms with Crippen LogP contribution >= 0.6 is 11.6 Å². The molecule has 1 heterocycles. The minimum absolute atomic E-state index is 0.224. The SMILES string of the molecule is COCCOCc1nc(-c2ccc(Cl)cc2)nc2cc(C(=O)NCCCC(=N)NC=N)ccc12. The van der Waals surface area contributed by atoms with Gasteiger partial charge in [-0.15, -0.1) is 0 Å². The highest BCUT2D eigenvalue weighted by Crippen LogP contribution is 2.24. The van der Waals surface area contributed by atoms with Crippen molar-refractivity contribution in [3.63, 3.8) is 0 Å². The number of nitrogens with zero attached hydrogens (tertiary/aromatic N) is 2. The average Bonchev–Trinajstić information content (AvgIpc) is 2.84. The van der Waals surface area contributed by atoms with E-state index in [-0.39, 0.29) is 18.3 Å². The van der Waals surface area contributed by atoms with E-state index in [0.717, 1.165) is 23.0 Å². The summed E-state index contributed by atoms with van der Waals surface area (Å²) in [6, 6.07) is 12.6. The van der Waals surface area contributed by atoms with Crippen LogP contribution in [0.2, 0.25) is 5.02 Å². The Labute approximate surface area is 202 Å². The Morgan fingerprint density at radius 3 is 2.68 bits per heavy atom. The Hall–Kier alpha value is -3.40. The average molecular weight is 483 g/mol. The summed E-state index contributed by atoms with van der Waals surface area (Å²) < 4.78 is 10.7. The van der Waals surface area contributed by atoms with Gasteiger partial charge in [-0.1, -0.05) is 17.7 Å². The molecule has 0 aliphatic carbocycles. The van der Waals surface area contributed by atoms with Gasteiger partial charge in [0.2, 0.25) is 0 Å². The van der Waals surface area contributed by atoms with E-state index in [1.165, 1.54) is 0 Å². The van der Waals surface area contributed by atoms with Crippen LogP contribution in [0, 0.1) is 10.8 Å². The van der Waals surface area contributed by atoms with Crippen molar-refractivity contribution in [2.24, 2.45) is 0 Å². The van der Waals surface area contributed by atoms with Gasteiger partial charge in [-0.25, -0.2) is 9.97 Å². The first-order chi connectivity index (χ1) is 16.5. The smallest absolute Gasteiger partial charge is 0.251 e. The molecule has 9 nitrogen and oxygen atoms in total. The van der Waals surface area contributed by atoms with Crippen molar-refractivity contribution in [1.29, 1.82) is 10.8 Å². The van der Waals surface area contributed by atoms with Crippen molar-refractivity contribution in [2.75, 3.05) is 26.9 Å². The maximum absolute atomic E-state index is 12.7. The van der Waals surface area contributed by atoms with Gasteiger partial charge < -0.3 is 20.1 Å². The lowest BCUT2D eigenvalue weighted by Crippen LogP contribution is -2.26. The van der Waals surface area contributed by atoms with Crippen LogP contribution in [0.15, 0.2) is 42.5 Å². The van der Waals surface area contributed by atoms with Crippen LogP contribution in [0.5, 0.6) is 0 Å². The number of carbonyl (C=O) groups excluding carboxylic acids is 1. The summed E-state index contributed by atoms with van der Waals surface area (Å²) in [5.74, 6) is 0.531. The van der Waals surface area contributed by atoms with Crippen LogP contribution in [0.3, 0.4) is 0 Å². The van der Waals surface area contributed by atoms with E-state index in [1.807, 2.05) is 18.2 Å². The predicted octanol–water partition coefficient (Wildman–Crippen LogP) is 3.80. The van der Waals surface area contributed by atoms with E-state index in [4.69, 9.17) is 41.9 Å². The Morgan fingerprint density at radius 1 is 1.15 bits per heavy atom. The number of halogens is 1. The molecule has 10 heteroatoms. The second-order valence-electron chi connectivity index (χ2n) is 7.40. The lowest BCUT2D eigenvalue weighted by molar-refractivity contribution is 0.0607. The summed E-state index contributed by atoms with van der Waals surface area (Å²) in [4.78, 5) is 22.1. The lowest BCUT2D eigenvalue weighted by Gasteiger charge is -2.11. The maximum Gasteiger partial charge on any atom is 0.251 e. The first kappa shape index (κ1) is 25.2. The van der Waals surface area contributed by atoms with Gasteiger partial charge in [0.15, 0.2) is 5.82 Å². The summed E-state index contributed by atoms with van der Waals surface area (Å²) in [5.41, 5.74) is 2.64. The number of benzene rings is 2. The van der Waals surface area contributed by atoms with Crippen molar-refractivity contribution in [3.05, 3.63) is 58.7 Å². The van der Waals surface area contributed by atoms with E-state index in [2.05, 4.69) is 10.6 Å². The number of amidine groups is 1. The predicted molar refractivity (Wildman–Crippen MR) is 133 cm³/mol. The zero-order valence-electron chi connectivity index (χ0n) is 18.9. The maximum atomic E-state index is 12.7. The zero-order chi connectivity index (χ0) is 24.3. The van der Waals surface area contributed by atoms with E-state index in [0.29, 0.717) is 54.5 Å². The third-order valence-electron chi connectivity index (χ3n) is 4.95. The van der Waals surface area contributed by atoms with E-state index < -0.39 is 0 Å². The molecule has 3 aromatic rings. The molecular weight excluding hydrogens is 456 g/mol. The number of methoxy groups -OCH3 is 1. The molecule has 0 saturated heterocycles. The number of amides is 1. The number of ether oxygens (including phenoxy) is 2. The van der Waals surface area contributed by atoms with Crippen molar-refractivity contribution in [2.45, 2.75) is 19.4 Å². The van der Waals surface area contributed by atoms with Gasteiger partial charge in [0.25, 0.3) is 5.91 Å². The number of carbonyl (C=O) groups is 1. The summed E-state index contributed by atoms with van der Waals surface area (Å²) in [7, 11) is 1.62. The highest BCUT2D eigenvalue weighted by atomic mass is 35.5. The van der Waals surface area contributed by atoms with Gasteiger partial charge in [0.1, 0.15) is 0 Å². The molecule has 0 unspecified atom stereocenters. The normalized spacial score (nSPS) is 10.8. The summed E-state index contributed by atoms with van der Waals surface area (Å²) >= 11 is 6.02. The van der Waals surface area contributed by atoms with Gasteiger partial charge in [-0.3, -0.25) is 15.6 Å². The Bertz CT molecular complexity index is 1150. The molecule has 34 heavy (non-hydrogen) atoms. The quantitative estimate of drug-likeness (QED) is 0.176. The fourth-order valence-corrected chi connectivity index (χ4v) is 3.34. The molecule has 4 N–H and O–H groups in total. The van der Waals surface area contributed by atoms with Crippen LogP contribution < -0.4 is 10.6 Å². The fourth-order valence-electron chi connectivity index (χ4n) is 3.21. The first-order valence-electron chi connectivity index (χ1n) is 10.8. The van der Waals surface area contributed by atoms with Gasteiger partial charge >= 0.3 is 0 Å². The molecule has 0 radical (unpaired) electrons. The van der Waals surface area contributed by atoms with Gasteiger partial charge in [-0.2, -0.15) is 0 Å². The van der Waals surface area contributed by atoms with Crippen LogP contribution in [0.4, 0.5) is 0 Å². The topological polar surface area (TPSA) is 133 Å². The van der Waals surface area contributed by atoms with E-state index >= 15 is 0 Å². The molecular formula is C24H27ClN6O3. The van der Waals surface area contributed by atoms with E-state index in [1.54, 1.807) is 31.4 Å². The van der Waals surface area contributed by atoms with Gasteiger partial charge in [-0.05, 0) is 42.8 Å². The molecule has 0 bridgehead atoms. The number of rotatable bonds is 12. The Balaban J connectivity index is 1.82. The third kappa shape index (κ3) is 7.05. The van der Waals surface area contributed by atoms with Crippen molar-refractivity contribution >= 4 is 40.6 Å². The van der Waals surface area contributed by atoms with Gasteiger partial charge in [0.05, 0.1) is 43.2 Å². The Kier molecular flexibility index (Phi) is 9.45. The minimum atomic E-state index is -0.224. The number of hydrogen-bond donors (Lipinski definition) is 4. The monoisotopic (exact) mass is 482 g/mol. The summed E-state index contributed by atoms with van der Waals surface area (Å²) in [6.45, 7) is 1.61. The molecule has 0 atom stereocenters. The molecule has 0 aliphatic heterocycles. The molecule has 178 valence electrons. The first-order valence-corrected chi connectivity index (χ1v) is 11.1. The van der Waals surface area contributed by atoms with Crippen molar-refractivity contribution < 1.29 is 14.3 Å². The molecule has 0 spiro atoms. The van der Waals surface area contributed by atoms with Crippen LogP contribution in [0.25, 0.3) is 22.3 Å². The lowest BCUT2D eigenvalue weighted by atomic mass is 10.1. The van der Waals surface area contributed by atoms with E-state index in [9.17, 15) is 4.79 Å². The van der Waals surface area contributed by atoms with Gasteiger partial charge in [0, 0.05) is 41.6 Å². The van der Waals surface area contributed by atoms with Crippen molar-refractivity contribution in [1.82, 2.24) is 20.6 Å². The molecule has 3 rings (SSSR count). The summed E-state index contributed by atoms with van der Waals surface area (Å²) in [5, 5.41) is 21.3. The number of aromatic nitrogens is 2. The van der Waals surface area contributed by atoms with Crippen LogP contribution in [0.1, 0.15) is 28.9 Å². The highest BCUT2D eigenvalue weighted by molar-refractivity contribution is 6.30. The molecule has 0 aliphatic rings. The van der Waals surface area contributed by atoms with Crippen molar-refractivity contribution in [3.8, 4) is 11.4 Å². The van der Waals surface area contributed by atoms with Crippen LogP contribution in [-0.4, -0.2) is 54.9 Å². The fraction of sp³-hybridized carbons (Fsp3) is 0.292. The molecule has 0 saturated carbocycles. The number of fused-ring (bicyclic) bond motifs is 1. The van der Waals surface area contributed by atoms with Crippen LogP contribution in [-0.2, 0) is 16.1 Å². The largest absolute Gasteiger partial charge is 0.382 e. The molecule has 1 aromatic heterocycles. The standard InChI is InChI=1S/C24H27ClN6O3/c1-33-11-12-34-14-21-19-9-6-17(24(32)28-10-2-3-22(27)29-15-26)13-20(19)30-23(31-21)16-4-7-18(25)8-5-16/h4-9,13,15H,2-3,10-12,14H2,1H3,(H,28,32)(H3,26,27,29). The minimum Gasteiger partial charge on any atom is -0.382 e. The second kappa shape index (κ2) is 12.7. The zero-order valence-corrected chi connectivity index (χ0v) is 19.6. The molecule has 0 fully saturated rings. The Morgan fingerprint density at radius 2 is 1.94 bits per heavy atom. The summed E-state index contributed by atoms with van der Waals surface area (Å²) in [6.07, 6.45) is 2.00. The molecule has 2 aromatic carbocycles.